The second kappa shape index (κ2) is 10.4. The van der Waals surface area contributed by atoms with Gasteiger partial charge in [-0.15, -0.1) is 0 Å². The zero-order valence-electron chi connectivity index (χ0n) is 19.5. The maximum atomic E-state index is 14.1. The summed E-state index contributed by atoms with van der Waals surface area (Å²) >= 11 is 0.920. The molecule has 2 aliphatic rings. The Morgan fingerprint density at radius 3 is 2.22 bits per heavy atom. The first-order valence-corrected chi connectivity index (χ1v) is 12.5. The third kappa shape index (κ3) is 5.04. The maximum absolute atomic E-state index is 14.1. The highest BCUT2D eigenvalue weighted by atomic mass is 32.2. The fraction of sp³-hybridized carbons (Fsp3) is 0.179. The molecule has 0 spiro atoms. The summed E-state index contributed by atoms with van der Waals surface area (Å²) in [5.74, 6) is -0.662. The van der Waals surface area contributed by atoms with E-state index >= 15 is 0 Å². The number of hydrogen-bond donors (Lipinski definition) is 0. The SMILES string of the molecule is O=C(c1ccc(C=C2SC(=O)N(Cc3ccccc3)C2=O)cc1)N1CCN(c2ccccc2F)CC1. The Labute approximate surface area is 213 Å². The molecule has 2 fully saturated rings. The van der Waals surface area contributed by atoms with Crippen molar-refractivity contribution < 1.29 is 18.8 Å². The van der Waals surface area contributed by atoms with Gasteiger partial charge in [0.1, 0.15) is 5.82 Å². The van der Waals surface area contributed by atoms with Crippen LogP contribution in [0.15, 0.2) is 83.8 Å². The molecular formula is C28H24FN3O3S. The van der Waals surface area contributed by atoms with E-state index in [0.29, 0.717) is 42.3 Å². The predicted octanol–water partition coefficient (Wildman–Crippen LogP) is 5.02. The van der Waals surface area contributed by atoms with E-state index in [1.165, 1.54) is 11.0 Å². The quantitative estimate of drug-likeness (QED) is 0.459. The molecule has 36 heavy (non-hydrogen) atoms. The number of carbonyl (C=O) groups is 3. The van der Waals surface area contributed by atoms with Crippen molar-refractivity contribution >= 4 is 40.6 Å². The number of nitrogens with zero attached hydrogens (tertiary/aromatic N) is 3. The number of hydrogen-bond acceptors (Lipinski definition) is 5. The number of rotatable bonds is 5. The molecule has 0 unspecified atom stereocenters. The second-order valence-electron chi connectivity index (χ2n) is 8.61. The van der Waals surface area contributed by atoms with Crippen LogP contribution in [-0.4, -0.2) is 53.0 Å². The number of piperazine rings is 1. The minimum Gasteiger partial charge on any atom is -0.366 e. The highest BCUT2D eigenvalue weighted by Crippen LogP contribution is 2.33. The van der Waals surface area contributed by atoms with Crippen molar-refractivity contribution in [3.63, 3.8) is 0 Å². The fourth-order valence-electron chi connectivity index (χ4n) is 4.32. The van der Waals surface area contributed by atoms with Crippen LogP contribution in [0.3, 0.4) is 0 Å². The van der Waals surface area contributed by atoms with Crippen LogP contribution < -0.4 is 4.90 Å². The molecule has 0 bridgehead atoms. The predicted molar refractivity (Wildman–Crippen MR) is 139 cm³/mol. The Morgan fingerprint density at radius 2 is 1.53 bits per heavy atom. The number of anilines is 1. The van der Waals surface area contributed by atoms with Crippen LogP contribution in [0.2, 0.25) is 0 Å². The summed E-state index contributed by atoms with van der Waals surface area (Å²) < 4.78 is 14.1. The molecule has 8 heteroatoms. The van der Waals surface area contributed by atoms with E-state index in [-0.39, 0.29) is 29.4 Å². The van der Waals surface area contributed by atoms with Crippen LogP contribution >= 0.6 is 11.8 Å². The molecule has 3 aromatic carbocycles. The summed E-state index contributed by atoms with van der Waals surface area (Å²) in [6.45, 7) is 2.36. The van der Waals surface area contributed by atoms with Gasteiger partial charge in [-0.25, -0.2) is 4.39 Å². The van der Waals surface area contributed by atoms with Gasteiger partial charge in [0.25, 0.3) is 17.1 Å². The molecule has 0 radical (unpaired) electrons. The maximum Gasteiger partial charge on any atom is 0.293 e. The third-order valence-electron chi connectivity index (χ3n) is 6.27. The first-order valence-electron chi connectivity index (χ1n) is 11.7. The number of halogens is 1. The number of benzene rings is 3. The Hall–Kier alpha value is -3.91. The van der Waals surface area contributed by atoms with E-state index in [1.54, 1.807) is 53.4 Å². The Balaban J connectivity index is 1.21. The van der Waals surface area contributed by atoms with Crippen molar-refractivity contribution in [3.05, 3.63) is 106 Å². The lowest BCUT2D eigenvalue weighted by Crippen LogP contribution is -2.49. The molecule has 5 rings (SSSR count). The summed E-state index contributed by atoms with van der Waals surface area (Å²) in [5.41, 5.74) is 2.73. The Bertz CT molecular complexity index is 1320. The molecule has 2 aliphatic heterocycles. The van der Waals surface area contributed by atoms with Gasteiger partial charge in [-0.2, -0.15) is 0 Å². The number of carbonyl (C=O) groups excluding carboxylic acids is 3. The van der Waals surface area contributed by atoms with Gasteiger partial charge in [-0.05, 0) is 53.2 Å². The monoisotopic (exact) mass is 501 g/mol. The van der Waals surface area contributed by atoms with Crippen LogP contribution in [-0.2, 0) is 11.3 Å². The Morgan fingerprint density at radius 1 is 0.861 bits per heavy atom. The van der Waals surface area contributed by atoms with Crippen LogP contribution in [0.4, 0.5) is 14.9 Å². The van der Waals surface area contributed by atoms with Crippen molar-refractivity contribution in [2.45, 2.75) is 6.54 Å². The van der Waals surface area contributed by atoms with Gasteiger partial charge < -0.3 is 9.80 Å². The van der Waals surface area contributed by atoms with Gasteiger partial charge in [-0.3, -0.25) is 19.3 Å². The molecule has 0 aliphatic carbocycles. The van der Waals surface area contributed by atoms with Gasteiger partial charge in [0.2, 0.25) is 0 Å². The lowest BCUT2D eigenvalue weighted by Gasteiger charge is -2.36. The Kier molecular flexibility index (Phi) is 6.86. The average molecular weight is 502 g/mol. The molecule has 182 valence electrons. The molecule has 0 saturated carbocycles. The topological polar surface area (TPSA) is 60.9 Å². The van der Waals surface area contributed by atoms with Crippen LogP contribution in [0, 0.1) is 5.82 Å². The minimum atomic E-state index is -0.318. The van der Waals surface area contributed by atoms with Gasteiger partial charge >= 0.3 is 0 Å². The average Bonchev–Trinajstić information content (AvgIpc) is 3.17. The van der Waals surface area contributed by atoms with Crippen molar-refractivity contribution in [1.82, 2.24) is 9.80 Å². The van der Waals surface area contributed by atoms with E-state index in [0.717, 1.165) is 22.9 Å². The normalized spacial score (nSPS) is 17.2. The molecule has 6 nitrogen and oxygen atoms in total. The largest absolute Gasteiger partial charge is 0.366 e. The summed E-state index contributed by atoms with van der Waals surface area (Å²) in [5, 5.41) is -0.295. The van der Waals surface area contributed by atoms with Crippen molar-refractivity contribution in [1.29, 1.82) is 0 Å². The first-order chi connectivity index (χ1) is 17.5. The van der Waals surface area contributed by atoms with E-state index < -0.39 is 0 Å². The lowest BCUT2D eigenvalue weighted by atomic mass is 10.1. The lowest BCUT2D eigenvalue weighted by molar-refractivity contribution is -0.123. The molecule has 3 aromatic rings. The van der Waals surface area contributed by atoms with Gasteiger partial charge in [0.05, 0.1) is 17.1 Å². The standard InChI is InChI=1S/C28H24FN3O3S/c29-23-8-4-5-9-24(23)30-14-16-31(17-15-30)26(33)22-12-10-20(11-13-22)18-25-27(34)32(28(35)36-25)19-21-6-2-1-3-7-21/h1-13,18H,14-17,19H2. The summed E-state index contributed by atoms with van der Waals surface area (Å²) in [4.78, 5) is 43.5. The zero-order chi connectivity index (χ0) is 25.1. The molecular weight excluding hydrogens is 477 g/mol. The number of para-hydroxylation sites is 1. The zero-order valence-corrected chi connectivity index (χ0v) is 20.3. The summed E-state index contributed by atoms with van der Waals surface area (Å²) in [6, 6.07) is 23.0. The minimum absolute atomic E-state index is 0.0853. The van der Waals surface area contributed by atoms with Crippen molar-refractivity contribution in [3.8, 4) is 0 Å². The number of amides is 3. The van der Waals surface area contributed by atoms with Crippen molar-refractivity contribution in [2.24, 2.45) is 0 Å². The number of thioether (sulfide) groups is 1. The van der Waals surface area contributed by atoms with Gasteiger partial charge in [-0.1, -0.05) is 54.6 Å². The van der Waals surface area contributed by atoms with Crippen LogP contribution in [0.5, 0.6) is 0 Å². The van der Waals surface area contributed by atoms with Crippen molar-refractivity contribution in [2.75, 3.05) is 31.1 Å². The third-order valence-corrected chi connectivity index (χ3v) is 7.18. The summed E-state index contributed by atoms with van der Waals surface area (Å²) in [6.07, 6.45) is 1.68. The van der Waals surface area contributed by atoms with E-state index in [1.807, 2.05) is 35.2 Å². The van der Waals surface area contributed by atoms with Crippen LogP contribution in [0.25, 0.3) is 6.08 Å². The summed E-state index contributed by atoms with van der Waals surface area (Å²) in [7, 11) is 0. The molecule has 0 N–H and O–H groups in total. The van der Waals surface area contributed by atoms with Gasteiger partial charge in [0, 0.05) is 31.7 Å². The van der Waals surface area contributed by atoms with Crippen LogP contribution in [0.1, 0.15) is 21.5 Å². The smallest absolute Gasteiger partial charge is 0.293 e. The molecule has 2 heterocycles. The fourth-order valence-corrected chi connectivity index (χ4v) is 5.16. The number of imide groups is 1. The second-order valence-corrected chi connectivity index (χ2v) is 9.60. The highest BCUT2D eigenvalue weighted by molar-refractivity contribution is 8.18. The van der Waals surface area contributed by atoms with E-state index in [4.69, 9.17) is 0 Å². The molecule has 3 amide bonds. The van der Waals surface area contributed by atoms with Gasteiger partial charge in [0.15, 0.2) is 0 Å². The van der Waals surface area contributed by atoms with E-state index in [9.17, 15) is 18.8 Å². The molecule has 0 aromatic heterocycles. The first kappa shape index (κ1) is 23.8. The highest BCUT2D eigenvalue weighted by Gasteiger charge is 2.35. The molecule has 0 atom stereocenters. The molecule has 2 saturated heterocycles. The van der Waals surface area contributed by atoms with E-state index in [2.05, 4.69) is 0 Å².